The molecule has 0 bridgehead atoms. The Morgan fingerprint density at radius 3 is 2.33 bits per heavy atom. The number of sulfonamides is 1. The van der Waals surface area contributed by atoms with Crippen molar-refractivity contribution in [3.63, 3.8) is 0 Å². The van der Waals surface area contributed by atoms with Crippen LogP contribution in [0.4, 0.5) is 0 Å². The number of rotatable bonds is 2. The van der Waals surface area contributed by atoms with Crippen LogP contribution < -0.4 is 0 Å². The summed E-state index contributed by atoms with van der Waals surface area (Å²) in [6.07, 6.45) is 1.93. The van der Waals surface area contributed by atoms with E-state index in [9.17, 15) is 8.42 Å². The van der Waals surface area contributed by atoms with Crippen LogP contribution in [0.1, 0.15) is 19.8 Å². The van der Waals surface area contributed by atoms with E-state index in [-0.39, 0.29) is 0 Å². The minimum atomic E-state index is -3.15. The Hall–Kier alpha value is -0.350. The highest BCUT2D eigenvalue weighted by atomic mass is 32.2. The monoisotopic (exact) mass is 189 g/mol. The van der Waals surface area contributed by atoms with Crippen LogP contribution in [0, 0.1) is 5.92 Å². The van der Waals surface area contributed by atoms with Crippen molar-refractivity contribution in [1.82, 2.24) is 4.31 Å². The molecule has 1 fully saturated rings. The second kappa shape index (κ2) is 3.58. The summed E-state index contributed by atoms with van der Waals surface area (Å²) in [5, 5.41) is 1.03. The first-order valence-corrected chi connectivity index (χ1v) is 5.69. The van der Waals surface area contributed by atoms with Crippen LogP contribution in [0.5, 0.6) is 0 Å². The van der Waals surface area contributed by atoms with Crippen LogP contribution in [0.3, 0.4) is 0 Å². The van der Waals surface area contributed by atoms with Crippen LogP contribution in [-0.4, -0.2) is 25.8 Å². The van der Waals surface area contributed by atoms with E-state index >= 15 is 0 Å². The third-order valence-corrected chi connectivity index (χ3v) is 3.82. The van der Waals surface area contributed by atoms with Crippen molar-refractivity contribution in [3.8, 4) is 0 Å². The number of hydrogen-bond donors (Lipinski definition) is 0. The molecule has 12 heavy (non-hydrogen) atoms. The second-order valence-corrected chi connectivity index (χ2v) is 5.17. The van der Waals surface area contributed by atoms with E-state index in [0.717, 1.165) is 18.2 Å². The van der Waals surface area contributed by atoms with Gasteiger partial charge in [-0.3, -0.25) is 0 Å². The second-order valence-electron chi connectivity index (χ2n) is 3.29. The molecule has 70 valence electrons. The molecular weight excluding hydrogens is 174 g/mol. The fraction of sp³-hybridized carbons (Fsp3) is 0.750. The Labute approximate surface area is 74.1 Å². The summed E-state index contributed by atoms with van der Waals surface area (Å²) in [7, 11) is -3.15. The smallest absolute Gasteiger partial charge is 0.208 e. The lowest BCUT2D eigenvalue weighted by molar-refractivity contribution is 0.290. The standard InChI is InChI=1S/C8H15NO2S/c1-3-12(10,11)9-6-4-8(2)5-7-9/h3,8H,1,4-7H2,2H3. The van der Waals surface area contributed by atoms with Gasteiger partial charge in [0.15, 0.2) is 0 Å². The zero-order chi connectivity index (χ0) is 9.19. The van der Waals surface area contributed by atoms with Gasteiger partial charge in [0.2, 0.25) is 10.0 Å². The van der Waals surface area contributed by atoms with Gasteiger partial charge in [-0.15, -0.1) is 0 Å². The Bertz CT molecular complexity index is 250. The van der Waals surface area contributed by atoms with E-state index < -0.39 is 10.0 Å². The molecule has 1 aliphatic rings. The summed E-state index contributed by atoms with van der Waals surface area (Å²) in [6, 6.07) is 0. The van der Waals surface area contributed by atoms with Gasteiger partial charge in [-0.1, -0.05) is 13.5 Å². The molecule has 0 atom stereocenters. The van der Waals surface area contributed by atoms with Gasteiger partial charge in [-0.25, -0.2) is 8.42 Å². The summed E-state index contributed by atoms with van der Waals surface area (Å²) < 4.78 is 24.0. The van der Waals surface area contributed by atoms with Crippen molar-refractivity contribution in [2.45, 2.75) is 19.8 Å². The van der Waals surface area contributed by atoms with Crippen LogP contribution >= 0.6 is 0 Å². The molecule has 1 heterocycles. The molecule has 1 rings (SSSR count). The third-order valence-electron chi connectivity index (χ3n) is 2.31. The molecule has 4 heteroatoms. The van der Waals surface area contributed by atoms with Gasteiger partial charge in [0.05, 0.1) is 0 Å². The highest BCUT2D eigenvalue weighted by Gasteiger charge is 2.23. The first-order chi connectivity index (χ1) is 5.56. The Morgan fingerprint density at radius 1 is 1.42 bits per heavy atom. The van der Waals surface area contributed by atoms with E-state index in [1.54, 1.807) is 0 Å². The molecular formula is C8H15NO2S. The first-order valence-electron chi connectivity index (χ1n) is 4.19. The summed E-state index contributed by atoms with van der Waals surface area (Å²) in [5.74, 6) is 0.654. The summed E-state index contributed by atoms with van der Waals surface area (Å²) in [4.78, 5) is 0. The Kier molecular flexibility index (Phi) is 2.90. The normalized spacial score (nSPS) is 22.4. The van der Waals surface area contributed by atoms with Gasteiger partial charge in [0.25, 0.3) is 0 Å². The van der Waals surface area contributed by atoms with Gasteiger partial charge in [-0.2, -0.15) is 4.31 Å². The molecule has 0 aromatic rings. The van der Waals surface area contributed by atoms with Gasteiger partial charge < -0.3 is 0 Å². The predicted molar refractivity (Wildman–Crippen MR) is 49.1 cm³/mol. The average Bonchev–Trinajstić information content (AvgIpc) is 2.05. The first kappa shape index (κ1) is 9.74. The van der Waals surface area contributed by atoms with Crippen molar-refractivity contribution in [3.05, 3.63) is 12.0 Å². The molecule has 1 saturated heterocycles. The van der Waals surface area contributed by atoms with E-state index in [2.05, 4.69) is 13.5 Å². The summed E-state index contributed by atoms with van der Waals surface area (Å²) in [6.45, 7) is 6.74. The topological polar surface area (TPSA) is 37.4 Å². The fourth-order valence-corrected chi connectivity index (χ4v) is 2.28. The van der Waals surface area contributed by atoms with Gasteiger partial charge in [0.1, 0.15) is 0 Å². The quantitative estimate of drug-likeness (QED) is 0.654. The average molecular weight is 189 g/mol. The van der Waals surface area contributed by atoms with Crippen molar-refractivity contribution in [2.75, 3.05) is 13.1 Å². The highest BCUT2D eigenvalue weighted by molar-refractivity contribution is 7.92. The van der Waals surface area contributed by atoms with Crippen LogP contribution in [0.15, 0.2) is 12.0 Å². The minimum absolute atomic E-state index is 0.648. The van der Waals surface area contributed by atoms with Crippen molar-refractivity contribution in [2.24, 2.45) is 5.92 Å². The molecule has 0 saturated carbocycles. The molecule has 0 spiro atoms. The van der Waals surface area contributed by atoms with Crippen LogP contribution in [0.25, 0.3) is 0 Å². The lowest BCUT2D eigenvalue weighted by Gasteiger charge is -2.28. The molecule has 0 aromatic heterocycles. The van der Waals surface area contributed by atoms with E-state index in [1.165, 1.54) is 4.31 Å². The van der Waals surface area contributed by atoms with E-state index in [0.29, 0.717) is 19.0 Å². The van der Waals surface area contributed by atoms with Crippen molar-refractivity contribution >= 4 is 10.0 Å². The van der Waals surface area contributed by atoms with Gasteiger partial charge in [-0.05, 0) is 18.8 Å². The minimum Gasteiger partial charge on any atom is -0.208 e. The largest absolute Gasteiger partial charge is 0.235 e. The summed E-state index contributed by atoms with van der Waals surface area (Å²) >= 11 is 0. The summed E-state index contributed by atoms with van der Waals surface area (Å²) in [5.41, 5.74) is 0. The lowest BCUT2D eigenvalue weighted by Crippen LogP contribution is -2.36. The van der Waals surface area contributed by atoms with Crippen LogP contribution in [-0.2, 0) is 10.0 Å². The lowest BCUT2D eigenvalue weighted by atomic mass is 10.0. The third kappa shape index (κ3) is 2.08. The van der Waals surface area contributed by atoms with Crippen molar-refractivity contribution in [1.29, 1.82) is 0 Å². The van der Waals surface area contributed by atoms with Crippen molar-refractivity contribution < 1.29 is 8.42 Å². The van der Waals surface area contributed by atoms with E-state index in [4.69, 9.17) is 0 Å². The zero-order valence-electron chi connectivity index (χ0n) is 7.36. The number of nitrogens with zero attached hydrogens (tertiary/aromatic N) is 1. The van der Waals surface area contributed by atoms with Gasteiger partial charge in [0, 0.05) is 18.5 Å². The van der Waals surface area contributed by atoms with Crippen LogP contribution in [0.2, 0.25) is 0 Å². The number of hydrogen-bond acceptors (Lipinski definition) is 2. The molecule has 0 aliphatic carbocycles. The molecule has 1 aliphatic heterocycles. The Balaban J connectivity index is 2.62. The molecule has 0 amide bonds. The Morgan fingerprint density at radius 2 is 1.92 bits per heavy atom. The fourth-order valence-electron chi connectivity index (χ4n) is 1.34. The maximum absolute atomic E-state index is 11.3. The maximum atomic E-state index is 11.3. The zero-order valence-corrected chi connectivity index (χ0v) is 8.18. The highest BCUT2D eigenvalue weighted by Crippen LogP contribution is 2.18. The maximum Gasteiger partial charge on any atom is 0.235 e. The predicted octanol–water partition coefficient (Wildman–Crippen LogP) is 1.19. The molecule has 0 N–H and O–H groups in total. The SMILES string of the molecule is C=CS(=O)(=O)N1CCC(C)CC1. The number of piperidine rings is 1. The molecule has 0 unspecified atom stereocenters. The van der Waals surface area contributed by atoms with Gasteiger partial charge >= 0.3 is 0 Å². The molecule has 0 radical (unpaired) electrons. The molecule has 3 nitrogen and oxygen atoms in total. The van der Waals surface area contributed by atoms with E-state index in [1.807, 2.05) is 0 Å². The molecule has 0 aromatic carbocycles.